The van der Waals surface area contributed by atoms with E-state index in [4.69, 9.17) is 48.2 Å². The molecule has 0 unspecified atom stereocenters. The normalized spacial score (nSPS) is 13.8. The second kappa shape index (κ2) is 38.3. The zero-order valence-corrected chi connectivity index (χ0v) is 72.2. The van der Waals surface area contributed by atoms with E-state index in [1.54, 1.807) is 59.5 Å². The highest BCUT2D eigenvalue weighted by Gasteiger charge is 2.29. The van der Waals surface area contributed by atoms with Gasteiger partial charge in [0.1, 0.15) is 54.2 Å². The van der Waals surface area contributed by atoms with Gasteiger partial charge in [0, 0.05) is 119 Å². The molecule has 0 atom stereocenters. The summed E-state index contributed by atoms with van der Waals surface area (Å²) in [6, 6.07) is 30.7. The van der Waals surface area contributed by atoms with Crippen molar-refractivity contribution in [3.8, 4) is 23.3 Å². The average molecular weight is 1790 g/mol. The number of nitrogens with one attached hydrogen (secondary N) is 6. The maximum atomic E-state index is 12.3. The zero-order valence-electron chi connectivity index (χ0n) is 68.9. The fourth-order valence-corrected chi connectivity index (χ4v) is 14.0. The van der Waals surface area contributed by atoms with Crippen LogP contribution < -0.4 is 90.1 Å². The summed E-state index contributed by atoms with van der Waals surface area (Å²) in [4.78, 5) is 71.6. The van der Waals surface area contributed by atoms with Crippen LogP contribution in [0, 0.1) is 11.3 Å². The molecule has 2 saturated heterocycles. The summed E-state index contributed by atoms with van der Waals surface area (Å²) >= 11 is 0. The van der Waals surface area contributed by atoms with Crippen LogP contribution in [0.4, 0.5) is 98.4 Å². The number of aromatic nitrogens is 20. The molecular weight excluding hydrogens is 1700 g/mol. The maximum Gasteiger partial charge on any atom is 0.410 e. The first kappa shape index (κ1) is 90.5. The second-order valence-corrected chi connectivity index (χ2v) is 36.8. The number of nitrogens with zero attached hydrogens (tertiary/aromatic N) is 24. The molecule has 0 radical (unpaired) electrons. The maximum absolute atomic E-state index is 12.3. The Balaban J connectivity index is 0.000000152. The molecule has 662 valence electrons. The van der Waals surface area contributed by atoms with Crippen LogP contribution in [0.5, 0.6) is 0 Å². The number of nitrogens with two attached hydrogens (primary N) is 8. The number of rotatable bonds is 25. The van der Waals surface area contributed by atoms with Crippen LogP contribution in [0.3, 0.4) is 0 Å². The standard InChI is InChI=1S/C21H28N10O4S.C19H25N9O2S.C17H23N9O2S.C16H20N10O2S/c1-21(2,3)35-20(32)30-10-8-29(9-11-30)16-12-17(25-13-24-16)31-18(22)27-19(28-31)26-14-4-6-15(7-5-14)36(23,33)34;1-2-9-27(11-13-3-4-13)16-10-17(23-12-22-16)28-18(20)25-19(26-28)24-14-5-7-15(8-6-14)31(21,29)30;1-17(2,3)9-20-13-8-14(22-10-21-13)26-15(18)24-16(25-26)23-11-4-6-12(7-5-11)29(19,27)28;17-15-23-16(22-11-1-3-12(4-2-11)29(18,27)28)24-26(15)14-9-13(20-10-21-14)25-7-5-19-6-8-25/h4-7,12-13H,8-11H2,1-3H3,(H2,23,33,34)(H3,22,26,27,28);5-8,10,12-13H,2-4,9,11H2,1H3,(H2,21,29,30)(H3,20,24,25,26);4-8,10H,9H2,1-3H3,(H2,19,27,28)(H,20,21,22)(H3,18,23,24,25);1-4,9-10,19H,5-8H2,(H2,18,27,28)(H3,17,22,23,24). The summed E-state index contributed by atoms with van der Waals surface area (Å²) in [6.07, 6.45) is 9.01. The number of ether oxygens (including phenoxy) is 1. The van der Waals surface area contributed by atoms with Gasteiger partial charge in [-0.2, -0.15) is 38.7 Å². The Labute approximate surface area is 719 Å². The molecule has 2 aliphatic heterocycles. The van der Waals surface area contributed by atoms with Gasteiger partial charge in [-0.3, -0.25) is 0 Å². The Morgan fingerprint density at radius 3 is 1.11 bits per heavy atom. The predicted molar refractivity (Wildman–Crippen MR) is 468 cm³/mol. The number of sulfonamides is 4. The fraction of sp³-hybridized carbons (Fsp3) is 0.329. The lowest BCUT2D eigenvalue weighted by molar-refractivity contribution is 0.0240. The first-order chi connectivity index (χ1) is 59.1. The van der Waals surface area contributed by atoms with Crippen LogP contribution in [0.25, 0.3) is 23.3 Å². The highest BCUT2D eigenvalue weighted by atomic mass is 32.2. The van der Waals surface area contributed by atoms with Gasteiger partial charge in [0.05, 0.1) is 19.6 Å². The smallest absolute Gasteiger partial charge is 0.410 e. The minimum Gasteiger partial charge on any atom is -0.444 e. The molecule has 0 spiro atoms. The Morgan fingerprint density at radius 2 is 0.776 bits per heavy atom. The Hall–Kier alpha value is -13.8. The van der Waals surface area contributed by atoms with Gasteiger partial charge in [-0.25, -0.2) is 98.9 Å². The van der Waals surface area contributed by atoms with Crippen molar-refractivity contribution in [3.05, 3.63) is 147 Å². The zero-order chi connectivity index (χ0) is 89.8. The number of nitrogen functional groups attached to an aromatic ring is 4. The van der Waals surface area contributed by atoms with Crippen molar-refractivity contribution in [2.75, 3.05) is 136 Å². The van der Waals surface area contributed by atoms with Crippen molar-refractivity contribution >= 4 is 140 Å². The molecule has 3 aliphatic rings. The highest BCUT2D eigenvalue weighted by Crippen LogP contribution is 2.33. The number of benzene rings is 4. The number of carbonyl (C=O) groups is 1. The van der Waals surface area contributed by atoms with E-state index in [0.29, 0.717) is 83.8 Å². The first-order valence-corrected chi connectivity index (χ1v) is 44.8. The van der Waals surface area contributed by atoms with Crippen LogP contribution in [0.15, 0.2) is 166 Å². The number of amides is 1. The molecular formula is C73H96N38O10S4. The van der Waals surface area contributed by atoms with Crippen molar-refractivity contribution in [2.45, 2.75) is 92.9 Å². The van der Waals surface area contributed by atoms with Crippen molar-refractivity contribution in [3.63, 3.8) is 0 Å². The number of piperazine rings is 2. The van der Waals surface area contributed by atoms with Gasteiger partial charge < -0.3 is 79.2 Å². The molecule has 1 saturated carbocycles. The second-order valence-electron chi connectivity index (χ2n) is 30.6. The minimum absolute atomic E-state index is 0.00787. The van der Waals surface area contributed by atoms with E-state index in [1.165, 1.54) is 118 Å². The van der Waals surface area contributed by atoms with Gasteiger partial charge in [0.25, 0.3) is 0 Å². The molecule has 48 nitrogen and oxygen atoms in total. The Morgan fingerprint density at radius 1 is 0.448 bits per heavy atom. The number of carbonyl (C=O) groups excluding carboxylic acids is 1. The topological polar surface area (TPSA) is 682 Å². The number of hydrogen-bond donors (Lipinski definition) is 14. The van der Waals surface area contributed by atoms with E-state index < -0.39 is 45.7 Å². The summed E-state index contributed by atoms with van der Waals surface area (Å²) in [6.45, 7) is 22.3. The molecule has 125 heavy (non-hydrogen) atoms. The van der Waals surface area contributed by atoms with Crippen LogP contribution in [0.2, 0.25) is 0 Å². The molecule has 22 N–H and O–H groups in total. The third-order valence-electron chi connectivity index (χ3n) is 18.2. The summed E-state index contributed by atoms with van der Waals surface area (Å²) in [5.74, 6) is 7.02. The molecule has 1 amide bonds. The van der Waals surface area contributed by atoms with Gasteiger partial charge in [0.15, 0.2) is 23.3 Å². The largest absolute Gasteiger partial charge is 0.444 e. The molecule has 4 aromatic carbocycles. The molecule has 15 rings (SSSR count). The molecule has 10 heterocycles. The first-order valence-electron chi connectivity index (χ1n) is 38.6. The van der Waals surface area contributed by atoms with E-state index in [2.05, 4.69) is 150 Å². The monoisotopic (exact) mass is 1790 g/mol. The molecule has 3 fully saturated rings. The molecule has 8 aromatic heterocycles. The average Bonchev–Trinajstić information content (AvgIpc) is 1.71. The van der Waals surface area contributed by atoms with Crippen LogP contribution in [-0.2, 0) is 44.8 Å². The SMILES string of the molecule is CC(C)(C)CNc1cc(-n2nc(Nc3ccc(S(N)(=O)=O)cc3)nc2N)ncn1.CC(C)(C)OC(=O)N1CCN(c2cc(-n3nc(Nc4ccc(S(N)(=O)=O)cc4)nc3N)ncn2)CC1.CCCN(CC1CC1)c1cc(-n2nc(Nc3ccc(S(N)(=O)=O)cc3)nc2N)ncn1.Nc1nc(Nc2ccc(S(N)(=O)=O)cc2)nn1-c1cc(N2CCNCC2)ncn1. The lowest BCUT2D eigenvalue weighted by Gasteiger charge is -2.36. The van der Waals surface area contributed by atoms with Gasteiger partial charge in [-0.15, -0.1) is 20.4 Å². The predicted octanol–water partition coefficient (Wildman–Crippen LogP) is 3.67. The summed E-state index contributed by atoms with van der Waals surface area (Å²) in [5, 5.41) is 56.2. The highest BCUT2D eigenvalue weighted by molar-refractivity contribution is 7.90. The lowest BCUT2D eigenvalue weighted by atomic mass is 9.97. The van der Waals surface area contributed by atoms with E-state index in [1.807, 2.05) is 31.7 Å². The molecule has 12 aromatic rings. The number of primary sulfonamides is 4. The van der Waals surface area contributed by atoms with Gasteiger partial charge >= 0.3 is 6.09 Å². The number of hydrogen-bond acceptors (Lipinski definition) is 39. The van der Waals surface area contributed by atoms with Gasteiger partial charge in [-0.05, 0) is 148 Å². The van der Waals surface area contributed by atoms with Crippen molar-refractivity contribution in [1.82, 2.24) is 109 Å². The Bertz CT molecular complexity index is 6220. The van der Waals surface area contributed by atoms with Crippen LogP contribution in [0.1, 0.15) is 67.7 Å². The molecule has 52 heteroatoms. The summed E-state index contributed by atoms with van der Waals surface area (Å²) in [5.41, 5.74) is 25.9. The van der Waals surface area contributed by atoms with Crippen LogP contribution in [-0.4, -0.2) is 221 Å². The quantitative estimate of drug-likeness (QED) is 0.0388. The third kappa shape index (κ3) is 25.5. The van der Waals surface area contributed by atoms with E-state index in [9.17, 15) is 38.5 Å². The van der Waals surface area contributed by atoms with E-state index in [0.717, 1.165) is 69.8 Å². The Kier molecular flexibility index (Phi) is 27.7. The van der Waals surface area contributed by atoms with Crippen LogP contribution >= 0.6 is 0 Å². The van der Waals surface area contributed by atoms with Gasteiger partial charge in [0.2, 0.25) is 87.7 Å². The van der Waals surface area contributed by atoms with Crippen molar-refractivity contribution in [2.24, 2.45) is 31.9 Å². The van der Waals surface area contributed by atoms with Gasteiger partial charge in [-0.1, -0.05) is 27.7 Å². The third-order valence-corrected chi connectivity index (χ3v) is 21.9. The number of anilines is 16. The van der Waals surface area contributed by atoms with Crippen molar-refractivity contribution in [1.29, 1.82) is 0 Å². The van der Waals surface area contributed by atoms with Crippen molar-refractivity contribution < 1.29 is 43.2 Å². The lowest BCUT2D eigenvalue weighted by Crippen LogP contribution is -2.50. The van der Waals surface area contributed by atoms with E-state index >= 15 is 0 Å². The van der Waals surface area contributed by atoms with E-state index in [-0.39, 0.29) is 78.7 Å². The summed E-state index contributed by atoms with van der Waals surface area (Å²) in [7, 11) is -15.0. The molecule has 0 bridgehead atoms. The fourth-order valence-electron chi connectivity index (χ4n) is 11.9. The molecule has 1 aliphatic carbocycles. The summed E-state index contributed by atoms with van der Waals surface area (Å²) < 4.78 is 102. The minimum atomic E-state index is -3.79.